The van der Waals surface area contributed by atoms with E-state index >= 15 is 0 Å². The van der Waals surface area contributed by atoms with E-state index in [2.05, 4.69) is 24.8 Å². The van der Waals surface area contributed by atoms with Gasteiger partial charge in [0.05, 0.1) is 30.7 Å². The third-order valence-corrected chi connectivity index (χ3v) is 5.33. The number of methoxy groups -OCH3 is 1. The molecule has 0 saturated carbocycles. The highest BCUT2D eigenvalue weighted by atomic mass is 19.4. The molecule has 0 radical (unpaired) electrons. The summed E-state index contributed by atoms with van der Waals surface area (Å²) in [6.07, 6.45) is -3.39. The summed E-state index contributed by atoms with van der Waals surface area (Å²) < 4.78 is 51.9. The predicted molar refractivity (Wildman–Crippen MR) is 129 cm³/mol. The number of rotatable bonds is 6. The van der Waals surface area contributed by atoms with E-state index in [-0.39, 0.29) is 34.6 Å². The van der Waals surface area contributed by atoms with Gasteiger partial charge in [0.15, 0.2) is 5.58 Å². The molecular weight excluding hydrogens is 507 g/mol. The second kappa shape index (κ2) is 10.7. The van der Waals surface area contributed by atoms with Crippen molar-refractivity contribution in [3.63, 3.8) is 0 Å². The van der Waals surface area contributed by atoms with Crippen molar-refractivity contribution >= 4 is 34.2 Å². The summed E-state index contributed by atoms with van der Waals surface area (Å²) in [7, 11) is 1.25. The number of halogens is 3. The molecule has 1 amide bonds. The molecule has 0 aliphatic heterocycles. The number of pyridine rings is 1. The van der Waals surface area contributed by atoms with Gasteiger partial charge in [0.2, 0.25) is 5.55 Å². The lowest BCUT2D eigenvalue weighted by Crippen LogP contribution is -2.22. The zero-order chi connectivity index (χ0) is 27.4. The number of nitrogens with zero attached hydrogens (tertiary/aromatic N) is 2. The molecule has 0 atom stereocenters. The van der Waals surface area contributed by atoms with Gasteiger partial charge in [-0.2, -0.15) is 0 Å². The lowest BCUT2D eigenvalue weighted by Gasteiger charge is -2.10. The predicted octanol–water partition coefficient (Wildman–Crippen LogP) is 4.80. The van der Waals surface area contributed by atoms with Crippen molar-refractivity contribution in [2.45, 2.75) is 19.9 Å². The summed E-state index contributed by atoms with van der Waals surface area (Å²) in [5, 5.41) is 12.9. The number of hydrogen-bond donors (Lipinski definition) is 2. The molecule has 4 aromatic rings. The molecule has 0 unspecified atom stereocenters. The van der Waals surface area contributed by atoms with E-state index in [9.17, 15) is 27.9 Å². The number of carbonyl (C=O) groups excluding carboxylic acids is 2. The molecule has 9 nitrogen and oxygen atoms in total. The topological polar surface area (TPSA) is 123 Å². The van der Waals surface area contributed by atoms with Gasteiger partial charge in [0, 0.05) is 22.8 Å². The Kier molecular flexibility index (Phi) is 7.44. The molecule has 196 valence electrons. The Bertz CT molecular complexity index is 1560. The third-order valence-electron chi connectivity index (χ3n) is 5.33. The highest BCUT2D eigenvalue weighted by molar-refractivity contribution is 6.06. The van der Waals surface area contributed by atoms with Crippen LogP contribution in [0, 0.1) is 6.92 Å². The van der Waals surface area contributed by atoms with E-state index < -0.39 is 24.0 Å². The largest absolute Gasteiger partial charge is 0.573 e. The Balaban J connectivity index is 1.78. The van der Waals surface area contributed by atoms with Crippen LogP contribution in [0.15, 0.2) is 70.2 Å². The number of carbonyl (C=O) groups is 2. The van der Waals surface area contributed by atoms with Crippen molar-refractivity contribution in [3.05, 3.63) is 88.7 Å². The van der Waals surface area contributed by atoms with E-state index in [0.29, 0.717) is 22.3 Å². The standard InChI is InChI=1S/C26H20F3N3O6/c1-14-22-20(16(13-33)12-30-14)11-21(23(34)31-17-5-3-15(4-6-17)25(35)36-2)24(37-22)32-18-7-9-19(10-8-18)38-26(27,28)29/h3-12,33H,13H2,1-2H3,(H,31,34). The monoisotopic (exact) mass is 527 g/mol. The highest BCUT2D eigenvalue weighted by Crippen LogP contribution is 2.26. The molecule has 2 heterocycles. The second-order valence-electron chi connectivity index (χ2n) is 7.91. The number of fused-ring (bicyclic) bond motifs is 1. The Morgan fingerprint density at radius 3 is 2.39 bits per heavy atom. The lowest BCUT2D eigenvalue weighted by molar-refractivity contribution is -0.274. The van der Waals surface area contributed by atoms with Crippen molar-refractivity contribution in [1.29, 1.82) is 0 Å². The number of aliphatic hydroxyl groups is 1. The number of aliphatic hydroxyl groups excluding tert-OH is 1. The average Bonchev–Trinajstić information content (AvgIpc) is 2.89. The van der Waals surface area contributed by atoms with Gasteiger partial charge in [-0.15, -0.1) is 13.2 Å². The minimum absolute atomic E-state index is 0.0227. The summed E-state index contributed by atoms with van der Waals surface area (Å²) in [5.74, 6) is -1.60. The Labute approximate surface area is 213 Å². The number of aromatic nitrogens is 1. The van der Waals surface area contributed by atoms with Crippen LogP contribution in [0.1, 0.15) is 32.0 Å². The summed E-state index contributed by atoms with van der Waals surface area (Å²) in [4.78, 5) is 33.5. The van der Waals surface area contributed by atoms with Gasteiger partial charge in [-0.05, 0) is 61.5 Å². The quantitative estimate of drug-likeness (QED) is 0.345. The SMILES string of the molecule is COC(=O)c1ccc(NC(=O)c2cc3c(CO)cnc(C)c3oc2=Nc2ccc(OC(F)(F)F)cc2)cc1. The van der Waals surface area contributed by atoms with Crippen LogP contribution in [-0.2, 0) is 11.3 Å². The molecule has 4 rings (SSSR count). The van der Waals surface area contributed by atoms with Crippen LogP contribution in [-0.4, -0.2) is 35.4 Å². The van der Waals surface area contributed by atoms with E-state index in [4.69, 9.17) is 4.42 Å². The van der Waals surface area contributed by atoms with Crippen LogP contribution in [0.25, 0.3) is 11.0 Å². The van der Waals surface area contributed by atoms with Crippen molar-refractivity contribution in [1.82, 2.24) is 4.98 Å². The van der Waals surface area contributed by atoms with Gasteiger partial charge < -0.3 is 24.3 Å². The molecule has 12 heteroatoms. The molecule has 2 aromatic heterocycles. The number of aryl methyl sites for hydroxylation is 1. The first kappa shape index (κ1) is 26.4. The minimum atomic E-state index is -4.85. The van der Waals surface area contributed by atoms with E-state index in [1.807, 2.05) is 0 Å². The Morgan fingerprint density at radius 2 is 1.79 bits per heavy atom. The molecule has 0 bridgehead atoms. The lowest BCUT2D eigenvalue weighted by atomic mass is 10.1. The second-order valence-corrected chi connectivity index (χ2v) is 7.91. The molecule has 0 saturated heterocycles. The highest BCUT2D eigenvalue weighted by Gasteiger charge is 2.31. The van der Waals surface area contributed by atoms with Gasteiger partial charge in [-0.1, -0.05) is 0 Å². The van der Waals surface area contributed by atoms with Crippen LogP contribution in [0.2, 0.25) is 0 Å². The summed E-state index contributed by atoms with van der Waals surface area (Å²) >= 11 is 0. The summed E-state index contributed by atoms with van der Waals surface area (Å²) in [5.41, 5.74) is 1.80. The fourth-order valence-corrected chi connectivity index (χ4v) is 3.51. The van der Waals surface area contributed by atoms with Crippen LogP contribution in [0.4, 0.5) is 24.5 Å². The first-order chi connectivity index (χ1) is 18.1. The van der Waals surface area contributed by atoms with Crippen molar-refractivity contribution in [2.75, 3.05) is 12.4 Å². The van der Waals surface area contributed by atoms with Crippen molar-refractivity contribution in [2.24, 2.45) is 4.99 Å². The van der Waals surface area contributed by atoms with Crippen molar-refractivity contribution < 1.29 is 41.8 Å². The number of esters is 1. The van der Waals surface area contributed by atoms with Crippen molar-refractivity contribution in [3.8, 4) is 5.75 Å². The maximum absolute atomic E-state index is 13.3. The summed E-state index contributed by atoms with van der Waals surface area (Å²) in [6.45, 7) is 1.30. The molecule has 38 heavy (non-hydrogen) atoms. The number of nitrogens with one attached hydrogen (secondary N) is 1. The third kappa shape index (κ3) is 5.98. The first-order valence-electron chi connectivity index (χ1n) is 11.0. The van der Waals surface area contributed by atoms with Crippen LogP contribution in [0.3, 0.4) is 0 Å². The van der Waals surface area contributed by atoms with Gasteiger partial charge >= 0.3 is 12.3 Å². The number of alkyl halides is 3. The zero-order valence-electron chi connectivity index (χ0n) is 20.0. The fourth-order valence-electron chi connectivity index (χ4n) is 3.51. The fraction of sp³-hybridized carbons (Fsp3) is 0.154. The van der Waals surface area contributed by atoms with E-state index in [1.165, 1.54) is 55.8 Å². The number of ether oxygens (including phenoxy) is 2. The maximum atomic E-state index is 13.3. The van der Waals surface area contributed by atoms with Gasteiger partial charge in [0.1, 0.15) is 11.3 Å². The van der Waals surface area contributed by atoms with Crippen LogP contribution < -0.4 is 15.6 Å². The number of amides is 1. The molecule has 0 aliphatic rings. The number of hydrogen-bond acceptors (Lipinski definition) is 8. The first-order valence-corrected chi connectivity index (χ1v) is 11.0. The van der Waals surface area contributed by atoms with Gasteiger partial charge in [0.25, 0.3) is 5.91 Å². The molecule has 2 aromatic carbocycles. The van der Waals surface area contributed by atoms with Gasteiger partial charge in [-0.25, -0.2) is 9.79 Å². The van der Waals surface area contributed by atoms with E-state index in [0.717, 1.165) is 12.1 Å². The molecule has 2 N–H and O–H groups in total. The van der Waals surface area contributed by atoms with Crippen LogP contribution in [0.5, 0.6) is 5.75 Å². The van der Waals surface area contributed by atoms with Gasteiger partial charge in [-0.3, -0.25) is 9.78 Å². The minimum Gasteiger partial charge on any atom is -0.465 e. The molecular formula is C26H20F3N3O6. The van der Waals surface area contributed by atoms with Crippen LogP contribution >= 0.6 is 0 Å². The van der Waals surface area contributed by atoms with E-state index in [1.54, 1.807) is 6.92 Å². The summed E-state index contributed by atoms with van der Waals surface area (Å²) in [6, 6.07) is 12.1. The number of anilines is 1. The molecule has 0 aliphatic carbocycles. The number of benzene rings is 2. The molecule has 0 fully saturated rings. The molecule has 0 spiro atoms. The average molecular weight is 527 g/mol. The smallest absolute Gasteiger partial charge is 0.465 e. The maximum Gasteiger partial charge on any atom is 0.573 e. The zero-order valence-corrected chi connectivity index (χ0v) is 20.0. The Hall–Kier alpha value is -4.71. The normalized spacial score (nSPS) is 11.9. The Morgan fingerprint density at radius 1 is 1.11 bits per heavy atom.